The molecule has 0 fully saturated rings. The molecule has 27 heavy (non-hydrogen) atoms. The number of aryl methyl sites for hydroxylation is 2. The van der Waals surface area contributed by atoms with Crippen LogP contribution in [0.15, 0.2) is 41.1 Å². The summed E-state index contributed by atoms with van der Waals surface area (Å²) in [6.45, 7) is 3.97. The first-order chi connectivity index (χ1) is 12.8. The van der Waals surface area contributed by atoms with E-state index in [4.69, 9.17) is 16.3 Å². The zero-order valence-corrected chi connectivity index (χ0v) is 17.5. The van der Waals surface area contributed by atoms with Gasteiger partial charge < -0.3 is 10.1 Å². The molecule has 0 radical (unpaired) electrons. The molecular weight excluding hydrogens is 434 g/mol. The molecule has 142 valence electrons. The molecular formula is C18H19BrClN5O2. The molecule has 0 saturated carbocycles. The molecule has 0 spiro atoms. The predicted octanol–water partition coefficient (Wildman–Crippen LogP) is 3.87. The average molecular weight is 453 g/mol. The first-order valence-corrected chi connectivity index (χ1v) is 9.43. The number of nitrogens with zero attached hydrogens (tertiary/aromatic N) is 4. The third-order valence-corrected chi connectivity index (χ3v) is 4.77. The van der Waals surface area contributed by atoms with Gasteiger partial charge in [0.25, 0.3) is 5.91 Å². The van der Waals surface area contributed by atoms with Gasteiger partial charge in [-0.25, -0.2) is 4.68 Å². The smallest absolute Gasteiger partial charge is 0.272 e. The predicted molar refractivity (Wildman–Crippen MR) is 106 cm³/mol. The van der Waals surface area contributed by atoms with Crippen molar-refractivity contribution in [2.75, 3.05) is 0 Å². The van der Waals surface area contributed by atoms with Gasteiger partial charge in [-0.3, -0.25) is 9.48 Å². The van der Waals surface area contributed by atoms with Gasteiger partial charge in [-0.05, 0) is 38.1 Å². The standard InChI is InChI=1S/C18H19BrClN5O2/c1-11(14-9-24(3)22-12(14)2)21-18(26)16-6-7-25(23-16)10-27-17-5-4-13(19)8-15(17)20/h4-9,11H,10H2,1-3H3,(H,21,26). The van der Waals surface area contributed by atoms with Crippen LogP contribution in [-0.2, 0) is 13.8 Å². The maximum absolute atomic E-state index is 12.4. The third-order valence-electron chi connectivity index (χ3n) is 3.99. The second kappa shape index (κ2) is 8.14. The molecule has 2 heterocycles. The average Bonchev–Trinajstić information content (AvgIpc) is 3.20. The first kappa shape index (κ1) is 19.4. The normalized spacial score (nSPS) is 12.0. The van der Waals surface area contributed by atoms with Gasteiger partial charge in [-0.15, -0.1) is 0 Å². The van der Waals surface area contributed by atoms with Gasteiger partial charge >= 0.3 is 0 Å². The van der Waals surface area contributed by atoms with Crippen LogP contribution < -0.4 is 10.1 Å². The molecule has 3 aromatic rings. The number of halogens is 2. The highest BCUT2D eigenvalue weighted by atomic mass is 79.9. The largest absolute Gasteiger partial charge is 0.470 e. The summed E-state index contributed by atoms with van der Waals surface area (Å²) in [5, 5.41) is 12.0. The minimum atomic E-state index is -0.258. The van der Waals surface area contributed by atoms with Crippen LogP contribution in [0.4, 0.5) is 0 Å². The van der Waals surface area contributed by atoms with Crippen LogP contribution in [-0.4, -0.2) is 25.5 Å². The Kier molecular flexibility index (Phi) is 5.86. The number of benzene rings is 1. The van der Waals surface area contributed by atoms with Crippen molar-refractivity contribution in [3.63, 3.8) is 0 Å². The van der Waals surface area contributed by atoms with Gasteiger partial charge in [0, 0.05) is 29.5 Å². The van der Waals surface area contributed by atoms with E-state index in [2.05, 4.69) is 31.4 Å². The van der Waals surface area contributed by atoms with Gasteiger partial charge in [-0.1, -0.05) is 27.5 Å². The van der Waals surface area contributed by atoms with Crippen molar-refractivity contribution < 1.29 is 9.53 Å². The minimum absolute atomic E-state index is 0.145. The molecule has 1 atom stereocenters. The lowest BCUT2D eigenvalue weighted by molar-refractivity contribution is 0.0932. The van der Waals surface area contributed by atoms with Crippen LogP contribution >= 0.6 is 27.5 Å². The maximum Gasteiger partial charge on any atom is 0.272 e. The number of nitrogens with one attached hydrogen (secondary N) is 1. The fourth-order valence-electron chi connectivity index (χ4n) is 2.67. The first-order valence-electron chi connectivity index (χ1n) is 8.26. The molecule has 0 bridgehead atoms. The van der Waals surface area contributed by atoms with Crippen molar-refractivity contribution in [2.45, 2.75) is 26.6 Å². The number of carbonyl (C=O) groups is 1. The Hall–Kier alpha value is -2.32. The fraction of sp³-hybridized carbons (Fsp3) is 0.278. The second-order valence-electron chi connectivity index (χ2n) is 6.13. The van der Waals surface area contributed by atoms with E-state index in [1.807, 2.05) is 33.2 Å². The lowest BCUT2D eigenvalue weighted by Crippen LogP contribution is -2.27. The SMILES string of the molecule is Cc1nn(C)cc1C(C)NC(=O)c1ccn(COc2ccc(Br)cc2Cl)n1. The van der Waals surface area contributed by atoms with Crippen LogP contribution in [0, 0.1) is 6.92 Å². The van der Waals surface area contributed by atoms with Crippen molar-refractivity contribution in [2.24, 2.45) is 7.05 Å². The molecule has 1 amide bonds. The van der Waals surface area contributed by atoms with Crippen molar-refractivity contribution in [1.82, 2.24) is 24.9 Å². The van der Waals surface area contributed by atoms with E-state index in [9.17, 15) is 4.79 Å². The van der Waals surface area contributed by atoms with Gasteiger partial charge in [-0.2, -0.15) is 10.2 Å². The highest BCUT2D eigenvalue weighted by Gasteiger charge is 2.17. The number of amides is 1. The van der Waals surface area contributed by atoms with Crippen molar-refractivity contribution in [1.29, 1.82) is 0 Å². The minimum Gasteiger partial charge on any atom is -0.470 e. The summed E-state index contributed by atoms with van der Waals surface area (Å²) < 4.78 is 9.78. The van der Waals surface area contributed by atoms with E-state index < -0.39 is 0 Å². The van der Waals surface area contributed by atoms with E-state index in [1.165, 1.54) is 4.68 Å². The molecule has 1 aromatic carbocycles. The Labute approximate surface area is 170 Å². The molecule has 0 aliphatic carbocycles. The Morgan fingerprint density at radius 3 is 2.81 bits per heavy atom. The van der Waals surface area contributed by atoms with E-state index in [-0.39, 0.29) is 18.7 Å². The number of hydrogen-bond donors (Lipinski definition) is 1. The van der Waals surface area contributed by atoms with E-state index in [0.717, 1.165) is 15.7 Å². The van der Waals surface area contributed by atoms with E-state index >= 15 is 0 Å². The quantitative estimate of drug-likeness (QED) is 0.616. The zero-order valence-electron chi connectivity index (χ0n) is 15.1. The summed E-state index contributed by atoms with van der Waals surface area (Å²) in [5.74, 6) is 0.285. The third kappa shape index (κ3) is 4.70. The van der Waals surface area contributed by atoms with Gasteiger partial charge in [0.1, 0.15) is 11.4 Å². The summed E-state index contributed by atoms with van der Waals surface area (Å²) in [6, 6.07) is 6.83. The monoisotopic (exact) mass is 451 g/mol. The number of ether oxygens (including phenoxy) is 1. The Bertz CT molecular complexity index is 969. The van der Waals surface area contributed by atoms with Gasteiger partial charge in [0.15, 0.2) is 6.73 Å². The Morgan fingerprint density at radius 2 is 2.15 bits per heavy atom. The lowest BCUT2D eigenvalue weighted by atomic mass is 10.1. The fourth-order valence-corrected chi connectivity index (χ4v) is 3.40. The molecule has 7 nitrogen and oxygen atoms in total. The molecule has 2 aromatic heterocycles. The lowest BCUT2D eigenvalue weighted by Gasteiger charge is -2.12. The zero-order chi connectivity index (χ0) is 19.6. The van der Waals surface area contributed by atoms with Gasteiger partial charge in [0.2, 0.25) is 0 Å². The highest BCUT2D eigenvalue weighted by molar-refractivity contribution is 9.10. The molecule has 3 rings (SSSR count). The van der Waals surface area contributed by atoms with E-state index in [0.29, 0.717) is 16.5 Å². The highest BCUT2D eigenvalue weighted by Crippen LogP contribution is 2.27. The molecule has 0 aliphatic heterocycles. The number of rotatable bonds is 6. The van der Waals surface area contributed by atoms with Crippen molar-refractivity contribution in [3.05, 3.63) is 63.1 Å². The second-order valence-corrected chi connectivity index (χ2v) is 7.45. The molecule has 0 saturated heterocycles. The van der Waals surface area contributed by atoms with Gasteiger partial charge in [0.05, 0.1) is 16.8 Å². The summed E-state index contributed by atoms with van der Waals surface area (Å²) in [6.07, 6.45) is 3.58. The van der Waals surface area contributed by atoms with Crippen molar-refractivity contribution in [3.8, 4) is 5.75 Å². The van der Waals surface area contributed by atoms with E-state index in [1.54, 1.807) is 29.1 Å². The van der Waals surface area contributed by atoms with Crippen LogP contribution in [0.3, 0.4) is 0 Å². The van der Waals surface area contributed by atoms with Crippen LogP contribution in [0.1, 0.15) is 34.7 Å². The summed E-state index contributed by atoms with van der Waals surface area (Å²) in [4.78, 5) is 12.4. The molecule has 0 aliphatic rings. The molecule has 9 heteroatoms. The van der Waals surface area contributed by atoms with Crippen LogP contribution in [0.25, 0.3) is 0 Å². The number of carbonyl (C=O) groups excluding carboxylic acids is 1. The van der Waals surface area contributed by atoms with Crippen LogP contribution in [0.2, 0.25) is 5.02 Å². The summed E-state index contributed by atoms with van der Waals surface area (Å²) in [5.41, 5.74) is 2.17. The summed E-state index contributed by atoms with van der Waals surface area (Å²) >= 11 is 9.47. The topological polar surface area (TPSA) is 74.0 Å². The maximum atomic E-state index is 12.4. The Morgan fingerprint density at radius 1 is 1.37 bits per heavy atom. The molecule has 1 N–H and O–H groups in total. The van der Waals surface area contributed by atoms with Crippen LogP contribution in [0.5, 0.6) is 5.75 Å². The summed E-state index contributed by atoms with van der Waals surface area (Å²) in [7, 11) is 1.85. The molecule has 1 unspecified atom stereocenters. The Balaban J connectivity index is 1.61. The number of aromatic nitrogens is 4. The van der Waals surface area contributed by atoms with Crippen molar-refractivity contribution >= 4 is 33.4 Å². The number of hydrogen-bond acceptors (Lipinski definition) is 4.